The molecule has 5 nitrogen and oxygen atoms in total. The number of amides is 1. The van der Waals surface area contributed by atoms with E-state index in [9.17, 15) is 4.79 Å². The number of nitrogens with one attached hydrogen (secondary N) is 1. The van der Waals surface area contributed by atoms with E-state index >= 15 is 0 Å². The van der Waals surface area contributed by atoms with Crippen LogP contribution < -0.4 is 5.32 Å². The highest BCUT2D eigenvalue weighted by Gasteiger charge is 2.22. The van der Waals surface area contributed by atoms with Crippen LogP contribution in [0, 0.1) is 6.92 Å². The number of carbonyl (C=O) groups is 1. The molecule has 0 radical (unpaired) electrons. The quantitative estimate of drug-likeness (QED) is 0.791. The topological polar surface area (TPSA) is 50.2 Å². The lowest BCUT2D eigenvalue weighted by molar-refractivity contribution is 0.0703. The molecule has 0 atom stereocenters. The van der Waals surface area contributed by atoms with E-state index in [1.807, 2.05) is 61.3 Å². The summed E-state index contributed by atoms with van der Waals surface area (Å²) in [6.45, 7) is 3.96. The van der Waals surface area contributed by atoms with Crippen LogP contribution in [0.5, 0.6) is 0 Å². The number of para-hydroxylation sites is 2. The molecule has 26 heavy (non-hydrogen) atoms. The van der Waals surface area contributed by atoms with E-state index in [2.05, 4.69) is 20.9 Å². The maximum absolute atomic E-state index is 12.8. The van der Waals surface area contributed by atoms with Gasteiger partial charge in [0.25, 0.3) is 5.91 Å². The summed E-state index contributed by atoms with van der Waals surface area (Å²) in [6.07, 6.45) is 2.03. The number of carbonyl (C=O) groups excluding carboxylic acids is 1. The molecule has 0 spiro atoms. The minimum atomic E-state index is 0.0932. The molecule has 1 amide bonds. The predicted octanol–water partition coefficient (Wildman–Crippen LogP) is 3.16. The molecule has 1 saturated heterocycles. The van der Waals surface area contributed by atoms with Gasteiger partial charge in [0.05, 0.1) is 11.0 Å². The van der Waals surface area contributed by atoms with Crippen LogP contribution in [0.1, 0.15) is 29.0 Å². The molecular weight excluding hydrogens is 324 g/mol. The Morgan fingerprint density at radius 2 is 1.81 bits per heavy atom. The number of nitrogens with zero attached hydrogens (tertiary/aromatic N) is 3. The summed E-state index contributed by atoms with van der Waals surface area (Å²) >= 11 is 0. The largest absolute Gasteiger partial charge is 0.339 e. The summed E-state index contributed by atoms with van der Waals surface area (Å²) in [7, 11) is 1.92. The van der Waals surface area contributed by atoms with Crippen LogP contribution in [-0.4, -0.2) is 46.5 Å². The van der Waals surface area contributed by atoms with Crippen molar-refractivity contribution in [1.29, 1.82) is 0 Å². The van der Waals surface area contributed by atoms with Gasteiger partial charge in [-0.3, -0.25) is 9.36 Å². The SMILES string of the molecule is Cc1nc2ccccc2n1-c1ccc(C(=O)N(C)C2CCNCC2)cc1. The van der Waals surface area contributed by atoms with E-state index in [0.29, 0.717) is 6.04 Å². The van der Waals surface area contributed by atoms with Crippen LogP contribution in [0.25, 0.3) is 16.7 Å². The van der Waals surface area contributed by atoms with E-state index in [4.69, 9.17) is 0 Å². The molecule has 0 saturated carbocycles. The first-order valence-corrected chi connectivity index (χ1v) is 9.17. The minimum Gasteiger partial charge on any atom is -0.339 e. The number of piperidine rings is 1. The van der Waals surface area contributed by atoms with Gasteiger partial charge < -0.3 is 10.2 Å². The third-order valence-electron chi connectivity index (χ3n) is 5.28. The standard InChI is InChI=1S/C21H24N4O/c1-15-23-19-5-3-4-6-20(19)25(15)18-9-7-16(8-10-18)21(26)24(2)17-11-13-22-14-12-17/h3-10,17,22H,11-14H2,1-2H3. The first-order valence-electron chi connectivity index (χ1n) is 9.17. The number of imidazole rings is 1. The second-order valence-corrected chi connectivity index (χ2v) is 6.93. The smallest absolute Gasteiger partial charge is 0.253 e. The zero-order valence-electron chi connectivity index (χ0n) is 15.3. The summed E-state index contributed by atoms with van der Waals surface area (Å²) in [5, 5.41) is 3.34. The van der Waals surface area contributed by atoms with E-state index in [1.54, 1.807) is 0 Å². The molecule has 3 aromatic rings. The van der Waals surface area contributed by atoms with Crippen molar-refractivity contribution in [2.75, 3.05) is 20.1 Å². The van der Waals surface area contributed by atoms with E-state index in [0.717, 1.165) is 54.0 Å². The molecule has 1 aliphatic rings. The molecular formula is C21H24N4O. The highest BCUT2D eigenvalue weighted by atomic mass is 16.2. The van der Waals surface area contributed by atoms with E-state index in [1.165, 1.54) is 0 Å². The molecule has 134 valence electrons. The molecule has 1 N–H and O–H groups in total. The summed E-state index contributed by atoms with van der Waals surface area (Å²) in [6, 6.07) is 16.3. The molecule has 5 heteroatoms. The lowest BCUT2D eigenvalue weighted by Crippen LogP contribution is -2.43. The summed E-state index contributed by atoms with van der Waals surface area (Å²) in [4.78, 5) is 19.3. The maximum atomic E-state index is 12.8. The average molecular weight is 348 g/mol. The van der Waals surface area contributed by atoms with Crippen molar-refractivity contribution in [1.82, 2.24) is 19.8 Å². The van der Waals surface area contributed by atoms with Crippen molar-refractivity contribution in [3.05, 3.63) is 59.9 Å². The fraction of sp³-hybridized carbons (Fsp3) is 0.333. The fourth-order valence-electron chi connectivity index (χ4n) is 3.79. The number of rotatable bonds is 3. The van der Waals surface area contributed by atoms with Crippen LogP contribution in [0.4, 0.5) is 0 Å². The van der Waals surface area contributed by atoms with Crippen molar-refractivity contribution in [2.45, 2.75) is 25.8 Å². The normalized spacial score (nSPS) is 15.3. The maximum Gasteiger partial charge on any atom is 0.253 e. The van der Waals surface area contributed by atoms with Crippen LogP contribution in [-0.2, 0) is 0 Å². The van der Waals surface area contributed by atoms with Crippen LogP contribution in [0.3, 0.4) is 0 Å². The molecule has 1 aliphatic heterocycles. The third kappa shape index (κ3) is 2.99. The van der Waals surface area contributed by atoms with Gasteiger partial charge in [0.1, 0.15) is 5.82 Å². The number of hydrogen-bond donors (Lipinski definition) is 1. The zero-order chi connectivity index (χ0) is 18.1. The highest BCUT2D eigenvalue weighted by Crippen LogP contribution is 2.22. The van der Waals surface area contributed by atoms with E-state index in [-0.39, 0.29) is 5.91 Å². The van der Waals surface area contributed by atoms with Crippen LogP contribution in [0.2, 0.25) is 0 Å². The first kappa shape index (κ1) is 16.8. The Labute approximate surface area is 153 Å². The number of hydrogen-bond acceptors (Lipinski definition) is 3. The molecule has 1 aromatic heterocycles. The summed E-state index contributed by atoms with van der Waals surface area (Å²) in [5.41, 5.74) is 3.82. The summed E-state index contributed by atoms with van der Waals surface area (Å²) < 4.78 is 2.13. The molecule has 2 aromatic carbocycles. The van der Waals surface area contributed by atoms with E-state index < -0.39 is 0 Å². The molecule has 1 fully saturated rings. The van der Waals surface area contributed by atoms with Gasteiger partial charge in [0.2, 0.25) is 0 Å². The van der Waals surface area contributed by atoms with Crippen molar-refractivity contribution < 1.29 is 4.79 Å². The summed E-state index contributed by atoms with van der Waals surface area (Å²) in [5.74, 6) is 1.03. The monoisotopic (exact) mass is 348 g/mol. The Bertz CT molecular complexity index is 923. The van der Waals surface area contributed by atoms with Gasteiger partial charge in [0, 0.05) is 24.3 Å². The van der Waals surface area contributed by atoms with Gasteiger partial charge in [-0.15, -0.1) is 0 Å². The molecule has 0 unspecified atom stereocenters. The Morgan fingerprint density at radius 3 is 2.54 bits per heavy atom. The van der Waals surface area contributed by atoms with Gasteiger partial charge in [-0.1, -0.05) is 12.1 Å². The fourth-order valence-corrected chi connectivity index (χ4v) is 3.79. The van der Waals surface area contributed by atoms with Crippen molar-refractivity contribution in [3.8, 4) is 5.69 Å². The zero-order valence-corrected chi connectivity index (χ0v) is 15.3. The van der Waals surface area contributed by atoms with Gasteiger partial charge >= 0.3 is 0 Å². The number of aromatic nitrogens is 2. The number of aryl methyl sites for hydroxylation is 1. The molecule has 2 heterocycles. The predicted molar refractivity (Wildman–Crippen MR) is 104 cm³/mol. The van der Waals surface area contributed by atoms with Crippen molar-refractivity contribution in [3.63, 3.8) is 0 Å². The average Bonchev–Trinajstić information content (AvgIpc) is 3.03. The second-order valence-electron chi connectivity index (χ2n) is 6.93. The molecule has 0 bridgehead atoms. The van der Waals surface area contributed by atoms with Gasteiger partial charge in [-0.2, -0.15) is 0 Å². The lowest BCUT2D eigenvalue weighted by Gasteiger charge is -2.31. The second kappa shape index (κ2) is 6.92. The van der Waals surface area contributed by atoms with Crippen molar-refractivity contribution >= 4 is 16.9 Å². The first-order chi connectivity index (χ1) is 12.6. The Hall–Kier alpha value is -2.66. The number of fused-ring (bicyclic) bond motifs is 1. The lowest BCUT2D eigenvalue weighted by atomic mass is 10.0. The Balaban J connectivity index is 1.60. The van der Waals surface area contributed by atoms with Gasteiger partial charge in [0.15, 0.2) is 0 Å². The molecule has 0 aliphatic carbocycles. The highest BCUT2D eigenvalue weighted by molar-refractivity contribution is 5.94. The number of benzene rings is 2. The van der Waals surface area contributed by atoms with Crippen LogP contribution >= 0.6 is 0 Å². The van der Waals surface area contributed by atoms with Crippen molar-refractivity contribution in [2.24, 2.45) is 0 Å². The van der Waals surface area contributed by atoms with Gasteiger partial charge in [-0.05, 0) is 69.3 Å². The van der Waals surface area contributed by atoms with Crippen LogP contribution in [0.15, 0.2) is 48.5 Å². The minimum absolute atomic E-state index is 0.0932. The molecule has 4 rings (SSSR count). The van der Waals surface area contributed by atoms with Gasteiger partial charge in [-0.25, -0.2) is 4.98 Å². The third-order valence-corrected chi connectivity index (χ3v) is 5.28. The Morgan fingerprint density at radius 1 is 1.12 bits per heavy atom. The Kier molecular flexibility index (Phi) is 4.47.